The van der Waals surface area contributed by atoms with Crippen molar-refractivity contribution in [2.45, 2.75) is 32.0 Å². The molecule has 1 aromatic rings. The van der Waals surface area contributed by atoms with E-state index < -0.39 is 6.10 Å². The van der Waals surface area contributed by atoms with Crippen LogP contribution in [0.25, 0.3) is 0 Å². The molecule has 1 aromatic carbocycles. The van der Waals surface area contributed by atoms with Gasteiger partial charge in [-0.15, -0.1) is 0 Å². The SMILES string of the molecule is COC1C(OCC2CC2)=C(C(C=CCO)=CC(C)O)Oc2ccccc21. The van der Waals surface area contributed by atoms with E-state index in [0.29, 0.717) is 35.4 Å². The average Bonchev–Trinajstić information content (AvgIpc) is 3.46. The second-order valence-electron chi connectivity index (χ2n) is 6.65. The number of fused-ring (bicyclic) bond motifs is 1. The van der Waals surface area contributed by atoms with Crippen molar-refractivity contribution >= 4 is 0 Å². The van der Waals surface area contributed by atoms with Crippen LogP contribution in [0.3, 0.4) is 0 Å². The van der Waals surface area contributed by atoms with Crippen molar-refractivity contribution in [2.24, 2.45) is 5.92 Å². The summed E-state index contributed by atoms with van der Waals surface area (Å²) >= 11 is 0. The minimum absolute atomic E-state index is 0.104. The summed E-state index contributed by atoms with van der Waals surface area (Å²) in [6.07, 6.45) is 6.30. The maximum absolute atomic E-state index is 9.86. The quantitative estimate of drug-likeness (QED) is 0.698. The maximum Gasteiger partial charge on any atom is 0.175 e. The topological polar surface area (TPSA) is 68.2 Å². The summed E-state index contributed by atoms with van der Waals surface area (Å²) in [6.45, 7) is 2.19. The molecule has 1 fully saturated rings. The highest BCUT2D eigenvalue weighted by Crippen LogP contribution is 2.43. The first-order chi connectivity index (χ1) is 12.6. The van der Waals surface area contributed by atoms with Crippen LogP contribution in [0.1, 0.15) is 31.4 Å². The van der Waals surface area contributed by atoms with Crippen LogP contribution >= 0.6 is 0 Å². The van der Waals surface area contributed by atoms with E-state index in [1.807, 2.05) is 24.3 Å². The van der Waals surface area contributed by atoms with Gasteiger partial charge in [0.15, 0.2) is 11.5 Å². The second-order valence-corrected chi connectivity index (χ2v) is 6.65. The van der Waals surface area contributed by atoms with E-state index in [1.165, 1.54) is 12.8 Å². The minimum Gasteiger partial charge on any atom is -0.491 e. The van der Waals surface area contributed by atoms with E-state index in [9.17, 15) is 5.11 Å². The molecule has 1 saturated carbocycles. The van der Waals surface area contributed by atoms with Crippen molar-refractivity contribution in [2.75, 3.05) is 20.3 Å². The Morgan fingerprint density at radius 1 is 1.35 bits per heavy atom. The zero-order chi connectivity index (χ0) is 18.5. The van der Waals surface area contributed by atoms with E-state index >= 15 is 0 Å². The van der Waals surface area contributed by atoms with Gasteiger partial charge in [-0.3, -0.25) is 0 Å². The summed E-state index contributed by atoms with van der Waals surface area (Å²) in [5, 5.41) is 19.0. The molecule has 2 unspecified atom stereocenters. The largest absolute Gasteiger partial charge is 0.491 e. The molecule has 2 atom stereocenters. The smallest absolute Gasteiger partial charge is 0.175 e. The van der Waals surface area contributed by atoms with Crippen LogP contribution in [0.5, 0.6) is 5.75 Å². The number of hydrogen-bond donors (Lipinski definition) is 2. The third-order valence-corrected chi connectivity index (χ3v) is 4.37. The summed E-state index contributed by atoms with van der Waals surface area (Å²) in [6, 6.07) is 7.69. The number of methoxy groups -OCH3 is 1. The van der Waals surface area contributed by atoms with Crippen LogP contribution in [0.4, 0.5) is 0 Å². The molecule has 140 valence electrons. The van der Waals surface area contributed by atoms with E-state index in [1.54, 1.807) is 32.3 Å². The number of aliphatic hydroxyl groups is 2. The Labute approximate surface area is 154 Å². The van der Waals surface area contributed by atoms with Gasteiger partial charge in [0.25, 0.3) is 0 Å². The van der Waals surface area contributed by atoms with E-state index in [2.05, 4.69) is 0 Å². The van der Waals surface area contributed by atoms with Crippen molar-refractivity contribution in [3.8, 4) is 5.75 Å². The molecule has 3 rings (SSSR count). The molecular weight excluding hydrogens is 332 g/mol. The third-order valence-electron chi connectivity index (χ3n) is 4.37. The van der Waals surface area contributed by atoms with Gasteiger partial charge in [0, 0.05) is 18.2 Å². The van der Waals surface area contributed by atoms with Crippen LogP contribution in [-0.2, 0) is 9.47 Å². The van der Waals surface area contributed by atoms with Crippen molar-refractivity contribution in [1.29, 1.82) is 0 Å². The molecule has 0 spiro atoms. The van der Waals surface area contributed by atoms with Crippen LogP contribution in [0.15, 0.2) is 59.6 Å². The molecule has 0 saturated heterocycles. The minimum atomic E-state index is -0.674. The summed E-state index contributed by atoms with van der Waals surface area (Å²) in [5.74, 6) is 2.40. The average molecular weight is 358 g/mol. The molecule has 0 bridgehead atoms. The number of benzene rings is 1. The van der Waals surface area contributed by atoms with E-state index in [0.717, 1.165) is 5.56 Å². The number of rotatable bonds is 8. The van der Waals surface area contributed by atoms with Gasteiger partial charge in [0.05, 0.1) is 19.3 Å². The van der Waals surface area contributed by atoms with E-state index in [4.69, 9.17) is 19.3 Å². The van der Waals surface area contributed by atoms with Gasteiger partial charge in [0.1, 0.15) is 11.9 Å². The molecule has 0 amide bonds. The molecule has 5 nitrogen and oxygen atoms in total. The predicted octanol–water partition coefficient (Wildman–Crippen LogP) is 3.26. The standard InChI is InChI=1S/C21H26O5/c1-14(23)12-16(6-5-11-22)19-21(25-13-15-9-10-15)20(24-2)17-7-3-4-8-18(17)26-19/h3-8,12,14-15,20,22-23H,9-11,13H2,1-2H3. The Hall–Kier alpha value is -2.08. The Morgan fingerprint density at radius 3 is 2.77 bits per heavy atom. The Kier molecular flexibility index (Phi) is 6.14. The first kappa shape index (κ1) is 18.7. The van der Waals surface area contributed by atoms with Crippen molar-refractivity contribution in [3.63, 3.8) is 0 Å². The van der Waals surface area contributed by atoms with Crippen LogP contribution < -0.4 is 4.74 Å². The van der Waals surface area contributed by atoms with E-state index in [-0.39, 0.29) is 12.7 Å². The predicted molar refractivity (Wildman–Crippen MR) is 98.5 cm³/mol. The molecule has 5 heteroatoms. The first-order valence-corrected chi connectivity index (χ1v) is 8.98. The van der Waals surface area contributed by atoms with Gasteiger partial charge >= 0.3 is 0 Å². The Bertz CT molecular complexity index is 713. The fourth-order valence-electron chi connectivity index (χ4n) is 2.93. The van der Waals surface area contributed by atoms with Gasteiger partial charge in [-0.25, -0.2) is 0 Å². The van der Waals surface area contributed by atoms with Gasteiger partial charge in [0.2, 0.25) is 0 Å². The lowest BCUT2D eigenvalue weighted by Crippen LogP contribution is -2.21. The first-order valence-electron chi connectivity index (χ1n) is 8.98. The molecular formula is C21H26O5. The Balaban J connectivity index is 2.05. The van der Waals surface area contributed by atoms with Gasteiger partial charge in [-0.05, 0) is 37.8 Å². The van der Waals surface area contributed by atoms with Crippen molar-refractivity contribution in [1.82, 2.24) is 0 Å². The Morgan fingerprint density at radius 2 is 2.12 bits per heavy atom. The molecule has 1 aliphatic carbocycles. The van der Waals surface area contributed by atoms with Gasteiger partial charge < -0.3 is 24.4 Å². The highest BCUT2D eigenvalue weighted by Gasteiger charge is 2.34. The number of para-hydroxylation sites is 1. The van der Waals surface area contributed by atoms with Crippen molar-refractivity contribution in [3.05, 3.63) is 65.1 Å². The van der Waals surface area contributed by atoms with Crippen LogP contribution in [-0.4, -0.2) is 36.6 Å². The molecule has 26 heavy (non-hydrogen) atoms. The van der Waals surface area contributed by atoms with Gasteiger partial charge in [-0.1, -0.05) is 30.4 Å². The highest BCUT2D eigenvalue weighted by molar-refractivity contribution is 5.50. The summed E-state index contributed by atoms with van der Waals surface area (Å²) in [5.41, 5.74) is 1.56. The molecule has 0 aromatic heterocycles. The zero-order valence-corrected chi connectivity index (χ0v) is 15.2. The van der Waals surface area contributed by atoms with Crippen LogP contribution in [0.2, 0.25) is 0 Å². The maximum atomic E-state index is 9.86. The summed E-state index contributed by atoms with van der Waals surface area (Å²) in [7, 11) is 1.65. The number of allylic oxidation sites excluding steroid dienone is 1. The number of hydrogen-bond acceptors (Lipinski definition) is 5. The zero-order valence-electron chi connectivity index (χ0n) is 15.2. The lowest BCUT2D eigenvalue weighted by atomic mass is 9.99. The fraction of sp³-hybridized carbons (Fsp3) is 0.429. The highest BCUT2D eigenvalue weighted by atomic mass is 16.6. The molecule has 2 N–H and O–H groups in total. The normalized spacial score (nSPS) is 21.5. The van der Waals surface area contributed by atoms with Crippen LogP contribution in [0, 0.1) is 5.92 Å². The third kappa shape index (κ3) is 4.36. The van der Waals surface area contributed by atoms with Gasteiger partial charge in [-0.2, -0.15) is 0 Å². The molecule has 1 aliphatic heterocycles. The lowest BCUT2D eigenvalue weighted by molar-refractivity contribution is 0.0436. The lowest BCUT2D eigenvalue weighted by Gasteiger charge is -2.30. The molecule has 2 aliphatic rings. The number of aliphatic hydroxyl groups excluding tert-OH is 2. The molecule has 1 heterocycles. The summed E-state index contributed by atoms with van der Waals surface area (Å²) < 4.78 is 18.0. The second kappa shape index (κ2) is 8.54. The number of ether oxygens (including phenoxy) is 3. The summed E-state index contributed by atoms with van der Waals surface area (Å²) in [4.78, 5) is 0. The fourth-order valence-corrected chi connectivity index (χ4v) is 2.93. The monoisotopic (exact) mass is 358 g/mol. The molecule has 0 radical (unpaired) electrons. The van der Waals surface area contributed by atoms with Crippen molar-refractivity contribution < 1.29 is 24.4 Å².